The van der Waals surface area contributed by atoms with Crippen LogP contribution in [0.5, 0.6) is 0 Å². The lowest BCUT2D eigenvalue weighted by Gasteiger charge is -2.22. The maximum Gasteiger partial charge on any atom is 0.217 e. The Bertz CT molecular complexity index is 451. The topological polar surface area (TPSA) is 52.6 Å². The Kier molecular flexibility index (Phi) is 3.81. The van der Waals surface area contributed by atoms with Crippen molar-refractivity contribution < 1.29 is 14.3 Å². The molecule has 1 unspecified atom stereocenters. The van der Waals surface area contributed by atoms with E-state index >= 15 is 0 Å². The highest BCUT2D eigenvalue weighted by Gasteiger charge is 2.26. The molecule has 1 heterocycles. The molecule has 0 spiro atoms. The quantitative estimate of drug-likeness (QED) is 0.845. The van der Waals surface area contributed by atoms with E-state index < -0.39 is 0 Å². The summed E-state index contributed by atoms with van der Waals surface area (Å²) in [6, 6.07) is 4.74. The van der Waals surface area contributed by atoms with E-state index in [4.69, 9.17) is 0 Å². The number of nitrogens with zero attached hydrogens (tertiary/aromatic N) is 1. The van der Waals surface area contributed by atoms with Gasteiger partial charge in [-0.2, -0.15) is 0 Å². The molecule has 1 aromatic carbocycles. The van der Waals surface area contributed by atoms with Gasteiger partial charge in [0.2, 0.25) is 5.91 Å². The summed E-state index contributed by atoms with van der Waals surface area (Å²) in [5.41, 5.74) is 1.03. The first kappa shape index (κ1) is 12.8. The number of hydrogen-bond acceptors (Lipinski definition) is 3. The molecular weight excluding hydrogens is 235 g/mol. The molecule has 1 aliphatic heterocycles. The lowest BCUT2D eigenvalue weighted by Crippen LogP contribution is -2.35. The van der Waals surface area contributed by atoms with Crippen LogP contribution in [-0.2, 0) is 11.4 Å². The molecule has 0 saturated carbocycles. The number of halogens is 1. The van der Waals surface area contributed by atoms with Gasteiger partial charge >= 0.3 is 0 Å². The van der Waals surface area contributed by atoms with Crippen LogP contribution in [0, 0.1) is 5.82 Å². The van der Waals surface area contributed by atoms with Crippen molar-refractivity contribution in [3.8, 4) is 0 Å². The molecule has 0 aromatic heterocycles. The number of rotatable bonds is 3. The van der Waals surface area contributed by atoms with Gasteiger partial charge in [0.15, 0.2) is 0 Å². The van der Waals surface area contributed by atoms with E-state index in [1.54, 1.807) is 12.1 Å². The Morgan fingerprint density at radius 2 is 2.39 bits per heavy atom. The second kappa shape index (κ2) is 5.35. The van der Waals surface area contributed by atoms with E-state index in [2.05, 4.69) is 5.32 Å². The molecule has 0 bridgehead atoms. The van der Waals surface area contributed by atoms with Crippen molar-refractivity contribution in [2.45, 2.75) is 26.0 Å². The van der Waals surface area contributed by atoms with E-state index in [1.165, 1.54) is 13.0 Å². The summed E-state index contributed by atoms with van der Waals surface area (Å²) in [7, 11) is 0. The van der Waals surface area contributed by atoms with Crippen LogP contribution in [0.25, 0.3) is 0 Å². The number of nitrogens with one attached hydrogen (secondary N) is 1. The molecule has 1 amide bonds. The third kappa shape index (κ3) is 2.61. The Morgan fingerprint density at radius 3 is 3.06 bits per heavy atom. The number of carbonyl (C=O) groups excluding carboxylic acids is 1. The summed E-state index contributed by atoms with van der Waals surface area (Å²) < 4.78 is 13.8. The van der Waals surface area contributed by atoms with Gasteiger partial charge in [0.1, 0.15) is 5.82 Å². The van der Waals surface area contributed by atoms with E-state index in [1.807, 2.05) is 4.90 Å². The third-order valence-corrected chi connectivity index (χ3v) is 3.15. The first-order valence-electron chi connectivity index (χ1n) is 6.02. The highest BCUT2D eigenvalue weighted by atomic mass is 19.1. The maximum atomic E-state index is 13.8. The lowest BCUT2D eigenvalue weighted by molar-refractivity contribution is -0.119. The minimum atomic E-state index is -0.329. The highest BCUT2D eigenvalue weighted by Crippen LogP contribution is 2.27. The number of aliphatic hydroxyl groups excluding tert-OH is 1. The van der Waals surface area contributed by atoms with Crippen LogP contribution in [0.4, 0.5) is 10.1 Å². The van der Waals surface area contributed by atoms with Gasteiger partial charge < -0.3 is 15.3 Å². The highest BCUT2D eigenvalue weighted by molar-refractivity contribution is 5.73. The maximum absolute atomic E-state index is 13.8. The van der Waals surface area contributed by atoms with E-state index in [-0.39, 0.29) is 24.4 Å². The fourth-order valence-electron chi connectivity index (χ4n) is 2.41. The molecule has 0 aliphatic carbocycles. The van der Waals surface area contributed by atoms with Gasteiger partial charge in [-0.1, -0.05) is 12.1 Å². The van der Waals surface area contributed by atoms with Crippen molar-refractivity contribution >= 4 is 11.6 Å². The second-order valence-corrected chi connectivity index (χ2v) is 4.54. The lowest BCUT2D eigenvalue weighted by atomic mass is 10.1. The number of anilines is 1. The average Bonchev–Trinajstić information content (AvgIpc) is 2.75. The number of amides is 1. The molecule has 0 radical (unpaired) electrons. The Morgan fingerprint density at radius 1 is 1.61 bits per heavy atom. The molecule has 5 heteroatoms. The largest absolute Gasteiger partial charge is 0.392 e. The van der Waals surface area contributed by atoms with Crippen molar-refractivity contribution in [2.75, 3.05) is 18.0 Å². The van der Waals surface area contributed by atoms with Crippen molar-refractivity contribution in [1.29, 1.82) is 0 Å². The molecule has 1 aliphatic rings. The summed E-state index contributed by atoms with van der Waals surface area (Å²) >= 11 is 0. The smallest absolute Gasteiger partial charge is 0.217 e. The normalized spacial score (nSPS) is 19.1. The summed E-state index contributed by atoms with van der Waals surface area (Å²) in [5.74, 6) is -0.400. The molecule has 1 saturated heterocycles. The van der Waals surface area contributed by atoms with Crippen LogP contribution in [0.3, 0.4) is 0 Å². The predicted molar refractivity (Wildman–Crippen MR) is 66.8 cm³/mol. The average molecular weight is 252 g/mol. The zero-order valence-corrected chi connectivity index (χ0v) is 10.3. The number of carbonyl (C=O) groups is 1. The SMILES string of the molecule is CC(=O)NC1CCN(c2c(F)cccc2CO)C1. The first-order valence-corrected chi connectivity index (χ1v) is 6.02. The van der Waals surface area contributed by atoms with Crippen LogP contribution in [0.1, 0.15) is 18.9 Å². The van der Waals surface area contributed by atoms with Crippen LogP contribution in [-0.4, -0.2) is 30.1 Å². The molecule has 1 atom stereocenters. The molecule has 2 rings (SSSR count). The van der Waals surface area contributed by atoms with Gasteiger partial charge in [-0.25, -0.2) is 4.39 Å². The fourth-order valence-corrected chi connectivity index (χ4v) is 2.41. The Hall–Kier alpha value is -1.62. The monoisotopic (exact) mass is 252 g/mol. The second-order valence-electron chi connectivity index (χ2n) is 4.54. The van der Waals surface area contributed by atoms with Gasteiger partial charge in [-0.05, 0) is 12.5 Å². The zero-order valence-electron chi connectivity index (χ0n) is 10.3. The van der Waals surface area contributed by atoms with Gasteiger partial charge in [0, 0.05) is 31.6 Å². The summed E-state index contributed by atoms with van der Waals surface area (Å²) in [5, 5.41) is 12.1. The Balaban J connectivity index is 2.16. The van der Waals surface area contributed by atoms with Crippen LogP contribution >= 0.6 is 0 Å². The number of hydrogen-bond donors (Lipinski definition) is 2. The minimum absolute atomic E-state index is 0.0497. The number of para-hydroxylation sites is 1. The van der Waals surface area contributed by atoms with Gasteiger partial charge in [-0.15, -0.1) is 0 Å². The molecule has 4 nitrogen and oxygen atoms in total. The van der Waals surface area contributed by atoms with Crippen LogP contribution in [0.15, 0.2) is 18.2 Å². The van der Waals surface area contributed by atoms with Crippen LogP contribution in [0.2, 0.25) is 0 Å². The molecule has 2 N–H and O–H groups in total. The predicted octanol–water partition coefficient (Wildman–Crippen LogP) is 1.03. The minimum Gasteiger partial charge on any atom is -0.392 e. The van der Waals surface area contributed by atoms with Crippen molar-refractivity contribution in [3.05, 3.63) is 29.6 Å². The number of benzene rings is 1. The fraction of sp³-hybridized carbons (Fsp3) is 0.462. The summed E-state index contributed by atoms with van der Waals surface area (Å²) in [4.78, 5) is 12.9. The van der Waals surface area contributed by atoms with E-state index in [0.29, 0.717) is 24.3 Å². The van der Waals surface area contributed by atoms with Crippen LogP contribution < -0.4 is 10.2 Å². The first-order chi connectivity index (χ1) is 8.61. The third-order valence-electron chi connectivity index (χ3n) is 3.15. The number of aliphatic hydroxyl groups is 1. The van der Waals surface area contributed by atoms with Crippen molar-refractivity contribution in [3.63, 3.8) is 0 Å². The molecule has 18 heavy (non-hydrogen) atoms. The van der Waals surface area contributed by atoms with E-state index in [0.717, 1.165) is 6.42 Å². The van der Waals surface area contributed by atoms with Crippen molar-refractivity contribution in [1.82, 2.24) is 5.32 Å². The molecule has 1 fully saturated rings. The molecular formula is C13H17FN2O2. The van der Waals surface area contributed by atoms with Gasteiger partial charge in [-0.3, -0.25) is 4.79 Å². The van der Waals surface area contributed by atoms with E-state index in [9.17, 15) is 14.3 Å². The van der Waals surface area contributed by atoms with Crippen molar-refractivity contribution in [2.24, 2.45) is 0 Å². The van der Waals surface area contributed by atoms with Gasteiger partial charge in [0.05, 0.1) is 12.3 Å². The van der Waals surface area contributed by atoms with Gasteiger partial charge in [0.25, 0.3) is 0 Å². The molecule has 1 aromatic rings. The summed E-state index contributed by atoms with van der Waals surface area (Å²) in [6.45, 7) is 2.55. The zero-order chi connectivity index (χ0) is 13.1. The summed E-state index contributed by atoms with van der Waals surface area (Å²) in [6.07, 6.45) is 0.790. The standard InChI is InChI=1S/C13H17FN2O2/c1-9(18)15-11-5-6-16(7-11)13-10(8-17)3-2-4-12(13)14/h2-4,11,17H,5-8H2,1H3,(H,15,18). The molecule has 98 valence electrons. The Labute approximate surface area is 105 Å².